The highest BCUT2D eigenvalue weighted by atomic mass is 16.6. The Balaban J connectivity index is 2.77. The summed E-state index contributed by atoms with van der Waals surface area (Å²) >= 11 is 0. The Hall–Kier alpha value is -2.69. The molecule has 1 rings (SSSR count). The molecule has 0 aliphatic heterocycles. The first kappa shape index (κ1) is 15.4. The molecule has 1 aromatic rings. The molecule has 1 heterocycles. The Labute approximate surface area is 116 Å². The van der Waals surface area contributed by atoms with Gasteiger partial charge in [0.15, 0.2) is 0 Å². The SMILES string of the molecule is CC(C)(C)NC(=O)CNc1ncc([N+](=O)[O-])cc1C#N. The van der Waals surface area contributed by atoms with Gasteiger partial charge in [0.05, 0.1) is 11.5 Å². The highest BCUT2D eigenvalue weighted by Crippen LogP contribution is 2.17. The van der Waals surface area contributed by atoms with Crippen LogP contribution in [0.25, 0.3) is 0 Å². The monoisotopic (exact) mass is 277 g/mol. The first-order valence-corrected chi connectivity index (χ1v) is 5.82. The van der Waals surface area contributed by atoms with E-state index in [2.05, 4.69) is 15.6 Å². The van der Waals surface area contributed by atoms with Crippen molar-refractivity contribution in [3.63, 3.8) is 0 Å². The standard InChI is InChI=1S/C12H15N5O3/c1-12(2,3)16-10(18)7-15-11-8(5-13)4-9(6-14-11)17(19)20/h4,6H,7H2,1-3H3,(H,14,15)(H,16,18). The van der Waals surface area contributed by atoms with E-state index in [1.807, 2.05) is 20.8 Å². The number of hydrogen-bond acceptors (Lipinski definition) is 6. The van der Waals surface area contributed by atoms with E-state index in [1.54, 1.807) is 6.07 Å². The molecule has 0 atom stereocenters. The first-order chi connectivity index (χ1) is 9.23. The lowest BCUT2D eigenvalue weighted by atomic mass is 10.1. The van der Waals surface area contributed by atoms with E-state index in [1.165, 1.54) is 0 Å². The molecule has 0 unspecified atom stereocenters. The average Bonchev–Trinajstić information content (AvgIpc) is 2.33. The van der Waals surface area contributed by atoms with Crippen LogP contribution in [0.15, 0.2) is 12.3 Å². The van der Waals surface area contributed by atoms with Gasteiger partial charge in [-0.25, -0.2) is 4.98 Å². The molecule has 0 aliphatic carbocycles. The fourth-order valence-corrected chi connectivity index (χ4v) is 1.41. The fraction of sp³-hybridized carbons (Fsp3) is 0.417. The Kier molecular flexibility index (Phi) is 4.59. The van der Waals surface area contributed by atoms with Gasteiger partial charge in [-0.05, 0) is 20.8 Å². The third-order valence-corrected chi connectivity index (χ3v) is 2.14. The van der Waals surface area contributed by atoms with Gasteiger partial charge in [0.2, 0.25) is 5.91 Å². The van der Waals surface area contributed by atoms with E-state index < -0.39 is 4.92 Å². The summed E-state index contributed by atoms with van der Waals surface area (Å²) in [4.78, 5) is 25.3. The van der Waals surface area contributed by atoms with Gasteiger partial charge in [0, 0.05) is 11.6 Å². The number of rotatable bonds is 4. The summed E-state index contributed by atoms with van der Waals surface area (Å²) in [6.07, 6.45) is 1.03. The van der Waals surface area contributed by atoms with Crippen molar-refractivity contribution in [1.82, 2.24) is 10.3 Å². The second kappa shape index (κ2) is 5.97. The molecule has 20 heavy (non-hydrogen) atoms. The van der Waals surface area contributed by atoms with Crippen molar-refractivity contribution in [1.29, 1.82) is 5.26 Å². The minimum atomic E-state index is -0.635. The maximum absolute atomic E-state index is 11.6. The fourth-order valence-electron chi connectivity index (χ4n) is 1.41. The van der Waals surface area contributed by atoms with Gasteiger partial charge in [-0.15, -0.1) is 0 Å². The minimum Gasteiger partial charge on any atom is -0.360 e. The van der Waals surface area contributed by atoms with E-state index >= 15 is 0 Å². The Morgan fingerprint density at radius 1 is 1.55 bits per heavy atom. The van der Waals surface area contributed by atoms with Crippen LogP contribution in [0.4, 0.5) is 11.5 Å². The van der Waals surface area contributed by atoms with Gasteiger partial charge in [-0.1, -0.05) is 0 Å². The molecule has 0 saturated carbocycles. The second-order valence-corrected chi connectivity index (χ2v) is 5.11. The van der Waals surface area contributed by atoms with E-state index in [-0.39, 0.29) is 35.1 Å². The predicted octanol–water partition coefficient (Wildman–Crippen LogP) is 1.19. The van der Waals surface area contributed by atoms with Gasteiger partial charge in [-0.3, -0.25) is 14.9 Å². The summed E-state index contributed by atoms with van der Waals surface area (Å²) in [7, 11) is 0. The van der Waals surface area contributed by atoms with Crippen molar-refractivity contribution in [2.75, 3.05) is 11.9 Å². The topological polar surface area (TPSA) is 121 Å². The third kappa shape index (κ3) is 4.53. The van der Waals surface area contributed by atoms with Crippen LogP contribution < -0.4 is 10.6 Å². The van der Waals surface area contributed by atoms with Crippen LogP contribution in [0.1, 0.15) is 26.3 Å². The molecule has 0 saturated heterocycles. The number of amides is 1. The molecule has 0 spiro atoms. The Morgan fingerprint density at radius 3 is 2.70 bits per heavy atom. The predicted molar refractivity (Wildman–Crippen MR) is 72.0 cm³/mol. The molecular weight excluding hydrogens is 262 g/mol. The number of carbonyl (C=O) groups is 1. The Morgan fingerprint density at radius 2 is 2.20 bits per heavy atom. The average molecular weight is 277 g/mol. The molecule has 1 amide bonds. The number of hydrogen-bond donors (Lipinski definition) is 2. The maximum atomic E-state index is 11.6. The Bertz CT molecular complexity index is 571. The van der Waals surface area contributed by atoms with Crippen molar-refractivity contribution >= 4 is 17.4 Å². The summed E-state index contributed by atoms with van der Waals surface area (Å²) in [6, 6.07) is 2.91. The highest BCUT2D eigenvalue weighted by molar-refractivity contribution is 5.81. The molecule has 0 bridgehead atoms. The number of aromatic nitrogens is 1. The smallest absolute Gasteiger partial charge is 0.289 e. The van der Waals surface area contributed by atoms with Gasteiger partial charge in [0.25, 0.3) is 5.69 Å². The molecule has 0 fully saturated rings. The van der Waals surface area contributed by atoms with E-state index in [4.69, 9.17) is 5.26 Å². The van der Waals surface area contributed by atoms with Crippen LogP contribution in [-0.2, 0) is 4.79 Å². The van der Waals surface area contributed by atoms with E-state index in [9.17, 15) is 14.9 Å². The van der Waals surface area contributed by atoms with Crippen molar-refractivity contribution in [3.05, 3.63) is 27.9 Å². The van der Waals surface area contributed by atoms with Crippen molar-refractivity contribution < 1.29 is 9.72 Å². The summed E-state index contributed by atoms with van der Waals surface area (Å²) in [5.41, 5.74) is -0.617. The second-order valence-electron chi connectivity index (χ2n) is 5.11. The zero-order valence-corrected chi connectivity index (χ0v) is 11.4. The molecule has 0 aliphatic rings. The quantitative estimate of drug-likeness (QED) is 0.629. The molecule has 0 aromatic carbocycles. The van der Waals surface area contributed by atoms with Crippen LogP contribution in [0.2, 0.25) is 0 Å². The molecule has 1 aromatic heterocycles. The number of nitriles is 1. The number of nitrogens with one attached hydrogen (secondary N) is 2. The highest BCUT2D eigenvalue weighted by Gasteiger charge is 2.15. The zero-order chi connectivity index (χ0) is 15.3. The van der Waals surface area contributed by atoms with Crippen LogP contribution in [0.5, 0.6) is 0 Å². The van der Waals surface area contributed by atoms with Crippen LogP contribution >= 0.6 is 0 Å². The van der Waals surface area contributed by atoms with E-state index in [0.717, 1.165) is 12.3 Å². The van der Waals surface area contributed by atoms with Gasteiger partial charge >= 0.3 is 0 Å². The number of carbonyl (C=O) groups excluding carboxylic acids is 1. The third-order valence-electron chi connectivity index (χ3n) is 2.14. The molecule has 0 radical (unpaired) electrons. The van der Waals surface area contributed by atoms with Crippen molar-refractivity contribution in [3.8, 4) is 6.07 Å². The lowest BCUT2D eigenvalue weighted by Gasteiger charge is -2.20. The molecule has 8 heteroatoms. The first-order valence-electron chi connectivity index (χ1n) is 5.82. The number of nitrogens with zero attached hydrogens (tertiary/aromatic N) is 3. The number of anilines is 1. The molecule has 2 N–H and O–H groups in total. The summed E-state index contributed by atoms with van der Waals surface area (Å²) in [5, 5.41) is 24.9. The number of pyridine rings is 1. The normalized spacial score (nSPS) is 10.5. The maximum Gasteiger partial charge on any atom is 0.289 e. The summed E-state index contributed by atoms with van der Waals surface area (Å²) in [5.74, 6) is -0.122. The van der Waals surface area contributed by atoms with Crippen molar-refractivity contribution in [2.45, 2.75) is 26.3 Å². The van der Waals surface area contributed by atoms with Gasteiger partial charge < -0.3 is 10.6 Å². The van der Waals surface area contributed by atoms with Crippen molar-refractivity contribution in [2.24, 2.45) is 0 Å². The lowest BCUT2D eigenvalue weighted by molar-refractivity contribution is -0.385. The van der Waals surface area contributed by atoms with Crippen LogP contribution in [0.3, 0.4) is 0 Å². The summed E-state index contributed by atoms with van der Waals surface area (Å²) in [6.45, 7) is 5.46. The van der Waals surface area contributed by atoms with Gasteiger partial charge in [0.1, 0.15) is 23.6 Å². The largest absolute Gasteiger partial charge is 0.360 e. The van der Waals surface area contributed by atoms with E-state index in [0.29, 0.717) is 0 Å². The van der Waals surface area contributed by atoms with Crippen LogP contribution in [0, 0.1) is 21.4 Å². The number of nitro groups is 1. The molecule has 106 valence electrons. The molecule has 8 nitrogen and oxygen atoms in total. The van der Waals surface area contributed by atoms with Crippen LogP contribution in [-0.4, -0.2) is 27.9 Å². The lowest BCUT2D eigenvalue weighted by Crippen LogP contribution is -2.43. The zero-order valence-electron chi connectivity index (χ0n) is 11.4. The molecular formula is C12H15N5O3. The van der Waals surface area contributed by atoms with Gasteiger partial charge in [-0.2, -0.15) is 5.26 Å². The minimum absolute atomic E-state index is 0.0164. The summed E-state index contributed by atoms with van der Waals surface area (Å²) < 4.78 is 0.